The van der Waals surface area contributed by atoms with Crippen LogP contribution in [0.4, 0.5) is 0 Å². The normalized spacial score (nSPS) is 11.2. The third-order valence-electron chi connectivity index (χ3n) is 6.01. The van der Waals surface area contributed by atoms with E-state index in [4.69, 9.17) is 0 Å². The number of allylic oxidation sites excluding steroid dienone is 4. The van der Waals surface area contributed by atoms with Gasteiger partial charge in [-0.15, -0.1) is 53.1 Å². The van der Waals surface area contributed by atoms with Crippen LogP contribution >= 0.6 is 0 Å². The van der Waals surface area contributed by atoms with Gasteiger partial charge in [-0.2, -0.15) is 6.08 Å². The average molecular weight is 560 g/mol. The van der Waals surface area contributed by atoms with Gasteiger partial charge in [0.1, 0.15) is 0 Å². The van der Waals surface area contributed by atoms with E-state index in [9.17, 15) is 0 Å². The minimum atomic E-state index is 0. The van der Waals surface area contributed by atoms with E-state index in [1.807, 2.05) is 6.08 Å². The summed E-state index contributed by atoms with van der Waals surface area (Å²) in [6.07, 6.45) is 8.24. The monoisotopic (exact) mass is 558 g/mol. The molecular formula is C36H36Zr-4. The Bertz CT molecular complexity index is 1380. The van der Waals surface area contributed by atoms with Crippen molar-refractivity contribution < 1.29 is 24.2 Å². The molecule has 0 radical (unpaired) electrons. The van der Waals surface area contributed by atoms with Gasteiger partial charge < -0.3 is 14.9 Å². The molecule has 1 heteroatoms. The molecule has 0 aliphatic heterocycles. The van der Waals surface area contributed by atoms with E-state index in [-0.39, 0.29) is 14.9 Å². The fraction of sp³-hybridized carbons (Fsp3) is 0.111. The summed E-state index contributed by atoms with van der Waals surface area (Å²) in [5, 5.41) is 5.46. The van der Waals surface area contributed by atoms with Gasteiger partial charge in [-0.3, -0.25) is 6.08 Å². The molecule has 0 heterocycles. The van der Waals surface area contributed by atoms with Crippen LogP contribution < -0.4 is 0 Å². The molecule has 0 aromatic heterocycles. The van der Waals surface area contributed by atoms with E-state index < -0.39 is 0 Å². The molecule has 5 aromatic carbocycles. The summed E-state index contributed by atoms with van der Waals surface area (Å²) in [4.78, 5) is 0. The zero-order valence-electron chi connectivity index (χ0n) is 22.7. The van der Waals surface area contributed by atoms with Crippen molar-refractivity contribution in [2.45, 2.75) is 27.2 Å². The van der Waals surface area contributed by atoms with E-state index in [2.05, 4.69) is 136 Å². The van der Waals surface area contributed by atoms with Crippen molar-refractivity contribution in [1.29, 1.82) is 0 Å². The van der Waals surface area contributed by atoms with Crippen molar-refractivity contribution in [2.24, 2.45) is 0 Å². The van der Waals surface area contributed by atoms with Crippen LogP contribution in [-0.4, -0.2) is 3.21 Å². The SMILES string of the molecule is CC1=CC[C-]=C1.Cc1ccc2c(c1)[cH-]c1cc(C)ccc12.[CH3-].[CH3-].[Zr]=[C](c1ccccc1)c1ccccc1. The zero-order valence-corrected chi connectivity index (χ0v) is 25.1. The van der Waals surface area contributed by atoms with Gasteiger partial charge in [0.15, 0.2) is 0 Å². The Hall–Kier alpha value is -3.02. The van der Waals surface area contributed by atoms with Crippen molar-refractivity contribution in [2.75, 3.05) is 0 Å². The Labute approximate surface area is 239 Å². The molecular weight excluding hydrogens is 524 g/mol. The van der Waals surface area contributed by atoms with E-state index >= 15 is 0 Å². The molecule has 1 aliphatic carbocycles. The fourth-order valence-electron chi connectivity index (χ4n) is 4.14. The summed E-state index contributed by atoms with van der Waals surface area (Å²) in [6.45, 7) is 6.37. The van der Waals surface area contributed by atoms with Gasteiger partial charge in [0.05, 0.1) is 0 Å². The van der Waals surface area contributed by atoms with Crippen LogP contribution in [0.25, 0.3) is 21.5 Å². The Morgan fingerprint density at radius 3 is 1.49 bits per heavy atom. The zero-order chi connectivity index (χ0) is 24.6. The van der Waals surface area contributed by atoms with Gasteiger partial charge >= 0.3 is 99.2 Å². The number of fused-ring (bicyclic) bond motifs is 3. The minimum absolute atomic E-state index is 0. The van der Waals surface area contributed by atoms with Crippen molar-refractivity contribution in [3.63, 3.8) is 0 Å². The van der Waals surface area contributed by atoms with Crippen molar-refractivity contribution >= 4 is 24.8 Å². The Balaban J connectivity index is 0.000000205. The summed E-state index contributed by atoms with van der Waals surface area (Å²) in [5.74, 6) is 0. The molecule has 0 unspecified atom stereocenters. The van der Waals surface area contributed by atoms with Crippen LogP contribution in [0, 0.1) is 34.8 Å². The van der Waals surface area contributed by atoms with Crippen molar-refractivity contribution in [1.82, 2.24) is 0 Å². The topological polar surface area (TPSA) is 0 Å². The van der Waals surface area contributed by atoms with Crippen molar-refractivity contribution in [3.05, 3.63) is 164 Å². The molecule has 0 saturated carbocycles. The first-order valence-corrected chi connectivity index (χ1v) is 13.2. The van der Waals surface area contributed by atoms with Gasteiger partial charge in [-0.25, -0.2) is 11.6 Å². The van der Waals surface area contributed by atoms with Crippen LogP contribution in [0.3, 0.4) is 0 Å². The Morgan fingerprint density at radius 1 is 0.676 bits per heavy atom. The summed E-state index contributed by atoms with van der Waals surface area (Å²) in [5.41, 5.74) is 6.66. The summed E-state index contributed by atoms with van der Waals surface area (Å²) < 4.78 is 1.42. The first kappa shape index (κ1) is 30.2. The molecule has 188 valence electrons. The third-order valence-corrected chi connectivity index (χ3v) is 7.43. The molecule has 6 rings (SSSR count). The summed E-state index contributed by atoms with van der Waals surface area (Å²) >= 11 is 1.46. The molecule has 1 aliphatic rings. The number of benzene rings is 4. The van der Waals surface area contributed by atoms with E-state index in [1.165, 1.54) is 76.8 Å². The molecule has 0 atom stereocenters. The fourth-order valence-corrected chi connectivity index (χ4v) is 4.96. The number of hydrogen-bond donors (Lipinski definition) is 0. The standard InChI is InChI=1S/C15H13.C13H10.C6H7.2CH3.Zr/c1-10-3-5-14-12(7-10)9-13-8-11(2)4-6-15(13)14;1-3-7-12(8-4-1)11-13-9-5-2-6-10-13;1-6-4-2-3-5-6;;;/h3-9H,1-2H3;1-10H;4-5H,2H2,1H3;2*1H3;/q-1;;3*-1;. The molecule has 0 spiro atoms. The van der Waals surface area contributed by atoms with Crippen LogP contribution in [-0.2, 0) is 24.2 Å². The van der Waals surface area contributed by atoms with Gasteiger partial charge in [-0.1, -0.05) is 35.4 Å². The number of hydrogen-bond acceptors (Lipinski definition) is 0. The molecule has 0 N–H and O–H groups in total. The van der Waals surface area contributed by atoms with Crippen LogP contribution in [0.1, 0.15) is 35.6 Å². The molecule has 0 amide bonds. The number of aryl methyl sites for hydroxylation is 2. The van der Waals surface area contributed by atoms with E-state index in [1.54, 1.807) is 0 Å². The summed E-state index contributed by atoms with van der Waals surface area (Å²) in [6, 6.07) is 36.7. The predicted molar refractivity (Wildman–Crippen MR) is 162 cm³/mol. The van der Waals surface area contributed by atoms with Gasteiger partial charge in [0.25, 0.3) is 0 Å². The van der Waals surface area contributed by atoms with E-state index in [0.29, 0.717) is 0 Å². The van der Waals surface area contributed by atoms with Crippen LogP contribution in [0.2, 0.25) is 0 Å². The molecule has 0 fully saturated rings. The Morgan fingerprint density at radius 2 is 1.14 bits per heavy atom. The average Bonchev–Trinajstić information content (AvgIpc) is 3.50. The van der Waals surface area contributed by atoms with Crippen molar-refractivity contribution in [3.8, 4) is 0 Å². The van der Waals surface area contributed by atoms with E-state index in [0.717, 1.165) is 6.42 Å². The van der Waals surface area contributed by atoms with Gasteiger partial charge in [0.2, 0.25) is 0 Å². The molecule has 0 bridgehead atoms. The first-order valence-electron chi connectivity index (χ1n) is 12.0. The second-order valence-corrected chi connectivity index (χ2v) is 10.2. The maximum atomic E-state index is 3.05. The molecule has 0 nitrogen and oxygen atoms in total. The Kier molecular flexibility index (Phi) is 12.0. The van der Waals surface area contributed by atoms with Crippen LogP contribution in [0.5, 0.6) is 0 Å². The third kappa shape index (κ3) is 8.24. The first-order chi connectivity index (χ1) is 17.0. The van der Waals surface area contributed by atoms with Gasteiger partial charge in [-0.05, 0) is 13.8 Å². The van der Waals surface area contributed by atoms with Gasteiger partial charge in [0, 0.05) is 0 Å². The summed E-state index contributed by atoms with van der Waals surface area (Å²) in [7, 11) is 0. The van der Waals surface area contributed by atoms with Crippen LogP contribution in [0.15, 0.2) is 121 Å². The molecule has 37 heavy (non-hydrogen) atoms. The quantitative estimate of drug-likeness (QED) is 0.189. The second-order valence-electron chi connectivity index (χ2n) is 8.93. The second kappa shape index (κ2) is 14.7. The molecule has 0 saturated heterocycles. The number of rotatable bonds is 2. The molecule has 5 aromatic rings. The predicted octanol–water partition coefficient (Wildman–Crippen LogP) is 9.73. The maximum absolute atomic E-state index is 3.05.